The van der Waals surface area contributed by atoms with Crippen molar-refractivity contribution in [2.75, 3.05) is 0 Å². The molecule has 0 spiro atoms. The van der Waals surface area contributed by atoms with Gasteiger partial charge in [-0.15, -0.1) is 11.3 Å². The van der Waals surface area contributed by atoms with Gasteiger partial charge in [0.1, 0.15) is 0 Å². The van der Waals surface area contributed by atoms with Gasteiger partial charge in [-0.3, -0.25) is 20.4 Å². The van der Waals surface area contributed by atoms with E-state index in [4.69, 9.17) is 0 Å². The molecule has 3 aromatic rings. The number of aromatic nitrogens is 1. The SMILES string of the molecule is CCc1sc(C(=O)NNC(=O)Cc2c(C)[nH]c3ccc(Br)cc23)cc1C. The molecule has 0 atom stereocenters. The van der Waals surface area contributed by atoms with E-state index in [1.165, 1.54) is 16.2 Å². The van der Waals surface area contributed by atoms with Crippen molar-refractivity contribution in [2.45, 2.75) is 33.6 Å². The van der Waals surface area contributed by atoms with E-state index >= 15 is 0 Å². The molecule has 1 aromatic carbocycles. The molecular weight excluding hydrogens is 414 g/mol. The molecule has 0 radical (unpaired) electrons. The van der Waals surface area contributed by atoms with E-state index in [0.29, 0.717) is 4.88 Å². The number of carbonyl (C=O) groups excluding carboxylic acids is 2. The van der Waals surface area contributed by atoms with Crippen molar-refractivity contribution in [2.24, 2.45) is 0 Å². The molecule has 2 heterocycles. The summed E-state index contributed by atoms with van der Waals surface area (Å²) in [6.45, 7) is 5.99. The van der Waals surface area contributed by atoms with E-state index < -0.39 is 0 Å². The number of hydrogen-bond donors (Lipinski definition) is 3. The number of thiophene rings is 1. The molecule has 0 fully saturated rings. The largest absolute Gasteiger partial charge is 0.358 e. The molecule has 3 N–H and O–H groups in total. The smallest absolute Gasteiger partial charge is 0.279 e. The molecule has 0 bridgehead atoms. The second-order valence-electron chi connectivity index (χ2n) is 6.17. The Kier molecular flexibility index (Phi) is 5.48. The first-order chi connectivity index (χ1) is 12.4. The number of fused-ring (bicyclic) bond motifs is 1. The molecule has 7 heteroatoms. The topological polar surface area (TPSA) is 74.0 Å². The summed E-state index contributed by atoms with van der Waals surface area (Å²) in [5.41, 5.74) is 8.98. The lowest BCUT2D eigenvalue weighted by Crippen LogP contribution is -2.42. The number of hydrazine groups is 1. The number of halogens is 1. The van der Waals surface area contributed by atoms with Crippen LogP contribution in [0.5, 0.6) is 0 Å². The van der Waals surface area contributed by atoms with Crippen molar-refractivity contribution in [3.8, 4) is 0 Å². The predicted octanol–water partition coefficient (Wildman–Crippen LogP) is 4.17. The zero-order valence-corrected chi connectivity index (χ0v) is 17.2. The summed E-state index contributed by atoms with van der Waals surface area (Å²) in [5, 5.41) is 1.000. The fraction of sp³-hybridized carbons (Fsp3) is 0.263. The number of rotatable bonds is 4. The highest BCUT2D eigenvalue weighted by molar-refractivity contribution is 9.10. The van der Waals surface area contributed by atoms with Crippen LogP contribution in [0.4, 0.5) is 0 Å². The molecule has 0 saturated heterocycles. The first-order valence-corrected chi connectivity index (χ1v) is 9.95. The lowest BCUT2D eigenvalue weighted by Gasteiger charge is -2.07. The number of amides is 2. The highest BCUT2D eigenvalue weighted by Gasteiger charge is 2.15. The third kappa shape index (κ3) is 3.83. The summed E-state index contributed by atoms with van der Waals surface area (Å²) in [7, 11) is 0. The van der Waals surface area contributed by atoms with Crippen LogP contribution in [-0.4, -0.2) is 16.8 Å². The summed E-state index contributed by atoms with van der Waals surface area (Å²) in [6, 6.07) is 7.77. The van der Waals surface area contributed by atoms with Crippen LogP contribution in [0.1, 0.15) is 38.3 Å². The summed E-state index contributed by atoms with van der Waals surface area (Å²) in [4.78, 5) is 29.6. The van der Waals surface area contributed by atoms with Crippen LogP contribution in [0.2, 0.25) is 0 Å². The molecule has 136 valence electrons. The molecule has 3 rings (SSSR count). The third-order valence-corrected chi connectivity index (χ3v) is 6.17. The second-order valence-corrected chi connectivity index (χ2v) is 8.22. The van der Waals surface area contributed by atoms with E-state index in [1.807, 2.05) is 38.1 Å². The van der Waals surface area contributed by atoms with E-state index in [9.17, 15) is 9.59 Å². The maximum atomic E-state index is 12.3. The number of carbonyl (C=O) groups is 2. The maximum absolute atomic E-state index is 12.3. The van der Waals surface area contributed by atoms with Crippen LogP contribution in [0.3, 0.4) is 0 Å². The zero-order chi connectivity index (χ0) is 18.8. The minimum Gasteiger partial charge on any atom is -0.358 e. The van der Waals surface area contributed by atoms with Crippen LogP contribution in [-0.2, 0) is 17.6 Å². The second kappa shape index (κ2) is 7.63. The standard InChI is InChI=1S/C19H20BrN3O2S/c1-4-16-10(2)7-17(26-16)19(25)23-22-18(24)9-13-11(3)21-15-6-5-12(20)8-14(13)15/h5-8,21H,4,9H2,1-3H3,(H,22,24)(H,23,25). The van der Waals surface area contributed by atoms with Crippen LogP contribution >= 0.6 is 27.3 Å². The Morgan fingerprint density at radius 3 is 2.65 bits per heavy atom. The van der Waals surface area contributed by atoms with Gasteiger partial charge in [-0.05, 0) is 55.7 Å². The van der Waals surface area contributed by atoms with Gasteiger partial charge in [0.2, 0.25) is 5.91 Å². The van der Waals surface area contributed by atoms with Crippen LogP contribution in [0.15, 0.2) is 28.7 Å². The molecule has 2 amide bonds. The Morgan fingerprint density at radius 1 is 1.19 bits per heavy atom. The van der Waals surface area contributed by atoms with Crippen molar-refractivity contribution in [3.05, 3.63) is 55.3 Å². The number of aromatic amines is 1. The number of hydrogen-bond acceptors (Lipinski definition) is 3. The van der Waals surface area contributed by atoms with Gasteiger partial charge in [-0.1, -0.05) is 22.9 Å². The van der Waals surface area contributed by atoms with Gasteiger partial charge >= 0.3 is 0 Å². The molecule has 0 aliphatic carbocycles. The van der Waals surface area contributed by atoms with Gasteiger partial charge < -0.3 is 4.98 Å². The zero-order valence-electron chi connectivity index (χ0n) is 14.8. The van der Waals surface area contributed by atoms with E-state index in [-0.39, 0.29) is 18.2 Å². The lowest BCUT2D eigenvalue weighted by molar-refractivity contribution is -0.121. The first kappa shape index (κ1) is 18.7. The summed E-state index contributed by atoms with van der Waals surface area (Å²) >= 11 is 4.92. The monoisotopic (exact) mass is 433 g/mol. The average molecular weight is 434 g/mol. The summed E-state index contributed by atoms with van der Waals surface area (Å²) in [6.07, 6.45) is 1.08. The third-order valence-electron chi connectivity index (χ3n) is 4.30. The summed E-state index contributed by atoms with van der Waals surface area (Å²) < 4.78 is 0.957. The predicted molar refractivity (Wildman–Crippen MR) is 108 cm³/mol. The molecule has 0 unspecified atom stereocenters. The molecule has 0 aliphatic rings. The van der Waals surface area contributed by atoms with Gasteiger partial charge in [0, 0.05) is 25.9 Å². The molecule has 26 heavy (non-hydrogen) atoms. The average Bonchev–Trinajstić information content (AvgIpc) is 3.13. The Hall–Kier alpha value is -2.12. The highest BCUT2D eigenvalue weighted by atomic mass is 79.9. The van der Waals surface area contributed by atoms with Gasteiger partial charge in [0.25, 0.3) is 5.91 Å². The van der Waals surface area contributed by atoms with Gasteiger partial charge in [-0.2, -0.15) is 0 Å². The van der Waals surface area contributed by atoms with E-state index in [1.54, 1.807) is 0 Å². The van der Waals surface area contributed by atoms with E-state index in [0.717, 1.165) is 38.6 Å². The number of H-pyrrole nitrogens is 1. The first-order valence-electron chi connectivity index (χ1n) is 8.34. The van der Waals surface area contributed by atoms with E-state index in [2.05, 4.69) is 38.7 Å². The normalized spacial score (nSPS) is 10.9. The molecule has 2 aromatic heterocycles. The highest BCUT2D eigenvalue weighted by Crippen LogP contribution is 2.26. The van der Waals surface area contributed by atoms with Crippen molar-refractivity contribution in [3.63, 3.8) is 0 Å². The summed E-state index contributed by atoms with van der Waals surface area (Å²) in [5.74, 6) is -0.545. The minimum atomic E-state index is -0.287. The maximum Gasteiger partial charge on any atom is 0.279 e. The van der Waals surface area contributed by atoms with Crippen molar-refractivity contribution in [1.29, 1.82) is 0 Å². The van der Waals surface area contributed by atoms with Crippen molar-refractivity contribution in [1.82, 2.24) is 15.8 Å². The van der Waals surface area contributed by atoms with Gasteiger partial charge in [0.15, 0.2) is 0 Å². The fourth-order valence-electron chi connectivity index (χ4n) is 2.96. The quantitative estimate of drug-likeness (QED) is 0.539. The van der Waals surface area contributed by atoms with Crippen LogP contribution in [0, 0.1) is 13.8 Å². The molecular formula is C19H20BrN3O2S. The fourth-order valence-corrected chi connectivity index (χ4v) is 4.33. The molecule has 5 nitrogen and oxygen atoms in total. The van der Waals surface area contributed by atoms with Crippen molar-refractivity contribution >= 4 is 50.0 Å². The van der Waals surface area contributed by atoms with Gasteiger partial charge in [-0.25, -0.2) is 0 Å². The number of benzene rings is 1. The van der Waals surface area contributed by atoms with Crippen LogP contribution < -0.4 is 10.9 Å². The number of aryl methyl sites for hydroxylation is 3. The Labute approximate surface area is 164 Å². The van der Waals surface area contributed by atoms with Crippen molar-refractivity contribution < 1.29 is 9.59 Å². The van der Waals surface area contributed by atoms with Gasteiger partial charge in [0.05, 0.1) is 11.3 Å². The minimum absolute atomic E-state index is 0.187. The Balaban J connectivity index is 1.67. The lowest BCUT2D eigenvalue weighted by atomic mass is 10.1. The molecule has 0 aliphatic heterocycles. The van der Waals surface area contributed by atoms with Crippen LogP contribution in [0.25, 0.3) is 10.9 Å². The Morgan fingerprint density at radius 2 is 1.96 bits per heavy atom. The Bertz CT molecular complexity index is 990. The number of nitrogens with one attached hydrogen (secondary N) is 3. The molecule has 0 saturated carbocycles.